The van der Waals surface area contributed by atoms with Crippen LogP contribution in [0.5, 0.6) is 11.6 Å². The zero-order valence-corrected chi connectivity index (χ0v) is 9.27. The molecule has 1 aromatic carbocycles. The lowest BCUT2D eigenvalue weighted by Gasteiger charge is -2.07. The van der Waals surface area contributed by atoms with E-state index in [9.17, 15) is 0 Å². The Morgan fingerprint density at radius 3 is 2.69 bits per heavy atom. The second-order valence-corrected chi connectivity index (χ2v) is 3.71. The molecule has 0 amide bonds. The van der Waals surface area contributed by atoms with Crippen molar-refractivity contribution in [1.29, 1.82) is 0 Å². The molecule has 0 spiro atoms. The van der Waals surface area contributed by atoms with E-state index in [4.69, 9.17) is 10.5 Å². The van der Waals surface area contributed by atoms with Crippen LogP contribution in [0, 0.1) is 13.8 Å². The van der Waals surface area contributed by atoms with Crippen LogP contribution in [0.15, 0.2) is 30.5 Å². The zero-order valence-electron chi connectivity index (χ0n) is 9.27. The van der Waals surface area contributed by atoms with E-state index < -0.39 is 0 Å². The first-order valence-corrected chi connectivity index (χ1v) is 4.98. The number of hydrogen-bond acceptors (Lipinski definition) is 4. The Bertz CT molecular complexity index is 511. The molecule has 0 aliphatic rings. The maximum atomic E-state index is 5.80. The van der Waals surface area contributed by atoms with Crippen molar-refractivity contribution in [2.45, 2.75) is 13.8 Å². The highest BCUT2D eigenvalue weighted by atomic mass is 16.5. The van der Waals surface area contributed by atoms with Crippen molar-refractivity contribution < 1.29 is 4.74 Å². The minimum absolute atomic E-state index is 0.456. The van der Waals surface area contributed by atoms with Gasteiger partial charge in [-0.25, -0.2) is 0 Å². The first-order valence-electron chi connectivity index (χ1n) is 4.98. The molecule has 0 saturated carbocycles. The summed E-state index contributed by atoms with van der Waals surface area (Å²) in [6.07, 6.45) is 1.67. The molecule has 16 heavy (non-hydrogen) atoms. The van der Waals surface area contributed by atoms with Gasteiger partial charge >= 0.3 is 0 Å². The van der Waals surface area contributed by atoms with Gasteiger partial charge in [0.2, 0.25) is 5.88 Å². The topological polar surface area (TPSA) is 61.0 Å². The molecule has 0 aliphatic carbocycles. The third-order valence-corrected chi connectivity index (χ3v) is 2.15. The Morgan fingerprint density at radius 2 is 1.94 bits per heavy atom. The quantitative estimate of drug-likeness (QED) is 0.782. The normalized spacial score (nSPS) is 10.1. The van der Waals surface area contributed by atoms with E-state index in [1.165, 1.54) is 0 Å². The van der Waals surface area contributed by atoms with E-state index in [1.54, 1.807) is 6.20 Å². The first kappa shape index (κ1) is 10.4. The lowest BCUT2D eigenvalue weighted by molar-refractivity contribution is 0.456. The Hall–Kier alpha value is -2.10. The molecular formula is C12H13N3O. The molecule has 2 rings (SSSR count). The number of aromatic nitrogens is 2. The molecule has 0 saturated heterocycles. The highest BCUT2D eigenvalue weighted by molar-refractivity contribution is 5.54. The lowest BCUT2D eigenvalue weighted by Crippen LogP contribution is -1.95. The van der Waals surface area contributed by atoms with Crippen molar-refractivity contribution in [2.75, 3.05) is 5.73 Å². The van der Waals surface area contributed by atoms with Gasteiger partial charge in [-0.1, -0.05) is 6.07 Å². The Balaban J connectivity index is 2.30. The van der Waals surface area contributed by atoms with Gasteiger partial charge < -0.3 is 10.5 Å². The fourth-order valence-electron chi connectivity index (χ4n) is 1.33. The van der Waals surface area contributed by atoms with Crippen LogP contribution in [0.3, 0.4) is 0 Å². The van der Waals surface area contributed by atoms with Gasteiger partial charge in [0.25, 0.3) is 0 Å². The summed E-state index contributed by atoms with van der Waals surface area (Å²) in [4.78, 5) is 0. The number of ether oxygens (including phenoxy) is 1. The van der Waals surface area contributed by atoms with Crippen molar-refractivity contribution in [2.24, 2.45) is 0 Å². The molecule has 0 fully saturated rings. The molecule has 1 heterocycles. The van der Waals surface area contributed by atoms with E-state index in [-0.39, 0.29) is 0 Å². The maximum Gasteiger partial charge on any atom is 0.239 e. The third kappa shape index (κ3) is 2.28. The summed E-state index contributed by atoms with van der Waals surface area (Å²) in [7, 11) is 0. The summed E-state index contributed by atoms with van der Waals surface area (Å²) >= 11 is 0. The summed E-state index contributed by atoms with van der Waals surface area (Å²) in [5.74, 6) is 1.07. The van der Waals surface area contributed by atoms with Crippen molar-refractivity contribution >= 4 is 5.69 Å². The van der Waals surface area contributed by atoms with Crippen LogP contribution in [0.2, 0.25) is 0 Å². The van der Waals surface area contributed by atoms with Crippen LogP contribution in [0.1, 0.15) is 11.1 Å². The molecule has 82 valence electrons. The van der Waals surface area contributed by atoms with Gasteiger partial charge in [0, 0.05) is 6.07 Å². The van der Waals surface area contributed by atoms with Crippen molar-refractivity contribution in [1.82, 2.24) is 10.2 Å². The highest BCUT2D eigenvalue weighted by Gasteiger charge is 2.03. The molecule has 0 aliphatic heterocycles. The van der Waals surface area contributed by atoms with Gasteiger partial charge in [-0.05, 0) is 37.1 Å². The second kappa shape index (κ2) is 4.18. The van der Waals surface area contributed by atoms with E-state index in [2.05, 4.69) is 10.2 Å². The number of nitrogens with two attached hydrogens (primary N) is 1. The summed E-state index contributed by atoms with van der Waals surface area (Å²) in [6.45, 7) is 3.91. The molecule has 0 bridgehead atoms. The largest absolute Gasteiger partial charge is 0.435 e. The van der Waals surface area contributed by atoms with Crippen molar-refractivity contribution in [3.8, 4) is 11.6 Å². The van der Waals surface area contributed by atoms with Gasteiger partial charge in [0.15, 0.2) is 5.75 Å². The van der Waals surface area contributed by atoms with Gasteiger partial charge in [-0.3, -0.25) is 0 Å². The van der Waals surface area contributed by atoms with Gasteiger partial charge in [-0.2, -0.15) is 5.10 Å². The van der Waals surface area contributed by atoms with E-state index >= 15 is 0 Å². The fourth-order valence-corrected chi connectivity index (χ4v) is 1.33. The highest BCUT2D eigenvalue weighted by Crippen LogP contribution is 2.26. The summed E-state index contributed by atoms with van der Waals surface area (Å²) in [5, 5.41) is 7.69. The minimum atomic E-state index is 0.456. The Morgan fingerprint density at radius 1 is 1.12 bits per heavy atom. The predicted molar refractivity (Wildman–Crippen MR) is 62.4 cm³/mol. The first-order chi connectivity index (χ1) is 7.65. The van der Waals surface area contributed by atoms with Crippen molar-refractivity contribution in [3.63, 3.8) is 0 Å². The number of anilines is 1. The molecule has 0 radical (unpaired) electrons. The van der Waals surface area contributed by atoms with Crippen LogP contribution in [-0.4, -0.2) is 10.2 Å². The van der Waals surface area contributed by atoms with Gasteiger partial charge in [0.05, 0.1) is 11.9 Å². The zero-order chi connectivity index (χ0) is 11.5. The number of nitrogens with zero attached hydrogens (tertiary/aromatic N) is 2. The Kier molecular flexibility index (Phi) is 2.72. The predicted octanol–water partition coefficient (Wildman–Crippen LogP) is 2.47. The minimum Gasteiger partial charge on any atom is -0.435 e. The summed E-state index contributed by atoms with van der Waals surface area (Å²) in [6, 6.07) is 7.44. The lowest BCUT2D eigenvalue weighted by atomic mass is 10.2. The van der Waals surface area contributed by atoms with Crippen LogP contribution in [0.4, 0.5) is 5.69 Å². The number of aryl methyl sites for hydroxylation is 2. The monoisotopic (exact) mass is 215 g/mol. The number of rotatable bonds is 2. The Labute approximate surface area is 94.1 Å². The van der Waals surface area contributed by atoms with Gasteiger partial charge in [0.1, 0.15) is 0 Å². The SMILES string of the molecule is Cc1cnnc(Oc2cc(C)ccc2N)c1. The van der Waals surface area contributed by atoms with Crippen molar-refractivity contribution in [3.05, 3.63) is 41.6 Å². The maximum absolute atomic E-state index is 5.80. The van der Waals surface area contributed by atoms with Crippen LogP contribution >= 0.6 is 0 Å². The number of hydrogen-bond donors (Lipinski definition) is 1. The van der Waals surface area contributed by atoms with Gasteiger partial charge in [-0.15, -0.1) is 5.10 Å². The fraction of sp³-hybridized carbons (Fsp3) is 0.167. The molecule has 2 aromatic rings. The van der Waals surface area contributed by atoms with Crippen LogP contribution in [-0.2, 0) is 0 Å². The third-order valence-electron chi connectivity index (χ3n) is 2.15. The van der Waals surface area contributed by atoms with E-state index in [0.29, 0.717) is 17.3 Å². The molecule has 0 unspecified atom stereocenters. The molecule has 1 aromatic heterocycles. The second-order valence-electron chi connectivity index (χ2n) is 3.71. The van der Waals surface area contributed by atoms with Crippen LogP contribution in [0.25, 0.3) is 0 Å². The average molecular weight is 215 g/mol. The molecule has 0 atom stereocenters. The molecule has 2 N–H and O–H groups in total. The van der Waals surface area contributed by atoms with E-state index in [0.717, 1.165) is 11.1 Å². The smallest absolute Gasteiger partial charge is 0.239 e. The van der Waals surface area contributed by atoms with Crippen LogP contribution < -0.4 is 10.5 Å². The number of benzene rings is 1. The average Bonchev–Trinajstić information content (AvgIpc) is 2.24. The standard InChI is InChI=1S/C12H13N3O/c1-8-3-4-10(13)11(5-8)16-12-6-9(2)7-14-15-12/h3-7H,13H2,1-2H3. The summed E-state index contributed by atoms with van der Waals surface area (Å²) < 4.78 is 5.57. The molecule has 4 heteroatoms. The van der Waals surface area contributed by atoms with E-state index in [1.807, 2.05) is 38.1 Å². The molecular weight excluding hydrogens is 202 g/mol. The number of nitrogen functional groups attached to an aromatic ring is 1. The molecule has 4 nitrogen and oxygen atoms in total. The summed E-state index contributed by atoms with van der Waals surface area (Å²) in [5.41, 5.74) is 8.48.